The molecule has 1 aromatic rings. The molecule has 1 rings (SSSR count). The summed E-state index contributed by atoms with van der Waals surface area (Å²) in [5.74, 6) is -0.123. The van der Waals surface area contributed by atoms with Crippen molar-refractivity contribution in [3.8, 4) is 6.07 Å². The number of rotatable bonds is 5. The first-order valence-electron chi connectivity index (χ1n) is 5.83. The molecule has 3 nitrogen and oxygen atoms in total. The maximum atomic E-state index is 11.4. The van der Waals surface area contributed by atoms with Gasteiger partial charge in [0.05, 0.1) is 11.6 Å². The van der Waals surface area contributed by atoms with Crippen molar-refractivity contribution in [3.05, 3.63) is 53.6 Å². The minimum Gasteiger partial charge on any atom is -0.352 e. The summed E-state index contributed by atoms with van der Waals surface area (Å²) in [6.45, 7) is 2.58. The number of nitrogens with zero attached hydrogens (tertiary/aromatic N) is 1. The van der Waals surface area contributed by atoms with Crippen LogP contribution in [-0.2, 0) is 4.79 Å². The third-order valence-corrected chi connectivity index (χ3v) is 2.29. The largest absolute Gasteiger partial charge is 0.352 e. The Kier molecular flexibility index (Phi) is 5.99. The predicted octanol–water partition coefficient (Wildman–Crippen LogP) is 2.65. The fourth-order valence-corrected chi connectivity index (χ4v) is 1.39. The molecule has 0 aromatic heterocycles. The minimum absolute atomic E-state index is 0.123. The summed E-state index contributed by atoms with van der Waals surface area (Å²) in [4.78, 5) is 11.4. The van der Waals surface area contributed by atoms with Gasteiger partial charge < -0.3 is 5.32 Å². The SMILES string of the molecule is C/C=C/CCNC(=O)/C=C/c1cccc(C#N)c1. The van der Waals surface area contributed by atoms with Gasteiger partial charge in [-0.1, -0.05) is 24.3 Å². The Morgan fingerprint density at radius 1 is 1.50 bits per heavy atom. The van der Waals surface area contributed by atoms with E-state index in [1.54, 1.807) is 24.3 Å². The van der Waals surface area contributed by atoms with Gasteiger partial charge in [-0.3, -0.25) is 4.79 Å². The number of amides is 1. The van der Waals surface area contributed by atoms with Crippen molar-refractivity contribution in [1.82, 2.24) is 5.32 Å². The lowest BCUT2D eigenvalue weighted by molar-refractivity contribution is -0.116. The van der Waals surface area contributed by atoms with Gasteiger partial charge in [0.2, 0.25) is 5.91 Å². The molecule has 1 N–H and O–H groups in total. The van der Waals surface area contributed by atoms with Crippen LogP contribution in [0, 0.1) is 11.3 Å². The number of hydrogen-bond donors (Lipinski definition) is 1. The zero-order valence-electron chi connectivity index (χ0n) is 10.4. The Bertz CT molecular complexity index is 495. The zero-order valence-corrected chi connectivity index (χ0v) is 10.4. The second-order valence-electron chi connectivity index (χ2n) is 3.72. The molecule has 92 valence electrons. The summed E-state index contributed by atoms with van der Waals surface area (Å²) in [6, 6.07) is 9.18. The minimum atomic E-state index is -0.123. The number of allylic oxidation sites excluding steroid dienone is 1. The van der Waals surface area contributed by atoms with Crippen molar-refractivity contribution in [2.24, 2.45) is 0 Å². The van der Waals surface area contributed by atoms with E-state index >= 15 is 0 Å². The highest BCUT2D eigenvalue weighted by Gasteiger charge is 1.94. The van der Waals surface area contributed by atoms with Gasteiger partial charge in [0, 0.05) is 12.6 Å². The number of hydrogen-bond acceptors (Lipinski definition) is 2. The molecule has 0 bridgehead atoms. The van der Waals surface area contributed by atoms with Crippen LogP contribution in [0.3, 0.4) is 0 Å². The Balaban J connectivity index is 2.48. The number of carbonyl (C=O) groups excluding carboxylic acids is 1. The lowest BCUT2D eigenvalue weighted by Gasteiger charge is -1.98. The highest BCUT2D eigenvalue weighted by molar-refractivity contribution is 5.91. The third kappa shape index (κ3) is 5.13. The fraction of sp³-hybridized carbons (Fsp3) is 0.200. The standard InChI is InChI=1S/C15H16N2O/c1-2-3-4-10-17-15(18)9-8-13-6-5-7-14(11-13)12-16/h2-3,5-9,11H,4,10H2,1H3,(H,17,18)/b3-2+,9-8+. The van der Waals surface area contributed by atoms with Crippen LogP contribution in [0.1, 0.15) is 24.5 Å². The smallest absolute Gasteiger partial charge is 0.244 e. The van der Waals surface area contributed by atoms with Gasteiger partial charge in [-0.25, -0.2) is 0 Å². The van der Waals surface area contributed by atoms with Crippen molar-refractivity contribution in [2.45, 2.75) is 13.3 Å². The first kappa shape index (κ1) is 13.7. The van der Waals surface area contributed by atoms with Gasteiger partial charge in [0.1, 0.15) is 0 Å². The third-order valence-electron chi connectivity index (χ3n) is 2.29. The molecule has 0 radical (unpaired) electrons. The second-order valence-corrected chi connectivity index (χ2v) is 3.72. The van der Waals surface area contributed by atoms with Gasteiger partial charge >= 0.3 is 0 Å². The molecule has 0 saturated carbocycles. The molecule has 0 aliphatic heterocycles. The lowest BCUT2D eigenvalue weighted by atomic mass is 10.1. The Morgan fingerprint density at radius 2 is 2.33 bits per heavy atom. The van der Waals surface area contributed by atoms with Crippen molar-refractivity contribution < 1.29 is 4.79 Å². The maximum Gasteiger partial charge on any atom is 0.244 e. The van der Waals surface area contributed by atoms with Crippen molar-refractivity contribution in [2.75, 3.05) is 6.54 Å². The molecule has 0 aliphatic rings. The first-order chi connectivity index (χ1) is 8.76. The van der Waals surface area contributed by atoms with Crippen molar-refractivity contribution in [1.29, 1.82) is 5.26 Å². The van der Waals surface area contributed by atoms with Crippen LogP contribution in [0.25, 0.3) is 6.08 Å². The molecule has 0 aliphatic carbocycles. The normalized spacial score (nSPS) is 10.7. The second kappa shape index (κ2) is 7.86. The number of nitriles is 1. The Morgan fingerprint density at radius 3 is 3.06 bits per heavy atom. The Labute approximate surface area is 107 Å². The van der Waals surface area contributed by atoms with E-state index in [4.69, 9.17) is 5.26 Å². The molecular formula is C15H16N2O. The van der Waals surface area contributed by atoms with E-state index in [1.807, 2.05) is 25.1 Å². The maximum absolute atomic E-state index is 11.4. The Hall–Kier alpha value is -2.34. The fourth-order valence-electron chi connectivity index (χ4n) is 1.39. The van der Waals surface area contributed by atoms with Crippen LogP contribution in [0.2, 0.25) is 0 Å². The first-order valence-corrected chi connectivity index (χ1v) is 5.83. The van der Waals surface area contributed by atoms with E-state index in [-0.39, 0.29) is 5.91 Å². The van der Waals surface area contributed by atoms with Gasteiger partial charge in [-0.15, -0.1) is 0 Å². The summed E-state index contributed by atoms with van der Waals surface area (Å²) >= 11 is 0. The number of carbonyl (C=O) groups is 1. The molecule has 18 heavy (non-hydrogen) atoms. The van der Waals surface area contributed by atoms with E-state index in [0.717, 1.165) is 12.0 Å². The molecule has 0 fully saturated rings. The summed E-state index contributed by atoms with van der Waals surface area (Å²) in [6.07, 6.45) is 7.97. The van der Waals surface area contributed by atoms with Crippen LogP contribution < -0.4 is 5.32 Å². The number of nitrogens with one attached hydrogen (secondary N) is 1. The summed E-state index contributed by atoms with van der Waals surface area (Å²) in [5.41, 5.74) is 1.43. The van der Waals surface area contributed by atoms with E-state index in [0.29, 0.717) is 12.1 Å². The summed E-state index contributed by atoms with van der Waals surface area (Å²) in [7, 11) is 0. The van der Waals surface area contributed by atoms with Crippen LogP contribution in [-0.4, -0.2) is 12.5 Å². The van der Waals surface area contributed by atoms with Gasteiger partial charge in [-0.05, 0) is 37.1 Å². The van der Waals surface area contributed by atoms with Crippen LogP contribution >= 0.6 is 0 Å². The molecule has 0 spiro atoms. The average molecular weight is 240 g/mol. The van der Waals surface area contributed by atoms with Gasteiger partial charge in [0.15, 0.2) is 0 Å². The van der Waals surface area contributed by atoms with E-state index in [2.05, 4.69) is 11.4 Å². The van der Waals surface area contributed by atoms with E-state index in [1.165, 1.54) is 6.08 Å². The highest BCUT2D eigenvalue weighted by Crippen LogP contribution is 2.05. The lowest BCUT2D eigenvalue weighted by Crippen LogP contribution is -2.21. The van der Waals surface area contributed by atoms with Crippen LogP contribution in [0.4, 0.5) is 0 Å². The zero-order chi connectivity index (χ0) is 13.2. The quantitative estimate of drug-likeness (QED) is 0.488. The van der Waals surface area contributed by atoms with Crippen molar-refractivity contribution in [3.63, 3.8) is 0 Å². The molecule has 0 atom stereocenters. The topological polar surface area (TPSA) is 52.9 Å². The summed E-state index contributed by atoms with van der Waals surface area (Å²) < 4.78 is 0. The van der Waals surface area contributed by atoms with Crippen molar-refractivity contribution >= 4 is 12.0 Å². The molecule has 0 heterocycles. The van der Waals surface area contributed by atoms with Gasteiger partial charge in [0.25, 0.3) is 0 Å². The molecule has 1 aromatic carbocycles. The number of benzene rings is 1. The highest BCUT2D eigenvalue weighted by atomic mass is 16.1. The van der Waals surface area contributed by atoms with E-state index in [9.17, 15) is 4.79 Å². The van der Waals surface area contributed by atoms with Crippen LogP contribution in [0.15, 0.2) is 42.5 Å². The molecule has 0 saturated heterocycles. The van der Waals surface area contributed by atoms with E-state index < -0.39 is 0 Å². The monoisotopic (exact) mass is 240 g/mol. The molecule has 0 unspecified atom stereocenters. The average Bonchev–Trinajstić information content (AvgIpc) is 2.41. The predicted molar refractivity (Wildman–Crippen MR) is 72.6 cm³/mol. The van der Waals surface area contributed by atoms with Crippen LogP contribution in [0.5, 0.6) is 0 Å². The molecule has 1 amide bonds. The molecule has 3 heteroatoms. The molecular weight excluding hydrogens is 224 g/mol. The van der Waals surface area contributed by atoms with Gasteiger partial charge in [-0.2, -0.15) is 5.26 Å². The summed E-state index contributed by atoms with van der Waals surface area (Å²) in [5, 5.41) is 11.5.